The Bertz CT molecular complexity index is 411. The molecule has 0 bridgehead atoms. The topological polar surface area (TPSA) is 36.3 Å². The highest BCUT2D eigenvalue weighted by Crippen LogP contribution is 2.28. The monoisotopic (exact) mass is 230 g/mol. The van der Waals surface area contributed by atoms with Crippen molar-refractivity contribution < 1.29 is 4.74 Å². The minimum absolute atomic E-state index is 0.362. The first kappa shape index (κ1) is 11.8. The molecule has 0 amide bonds. The second kappa shape index (κ2) is 5.58. The summed E-state index contributed by atoms with van der Waals surface area (Å²) < 4.78 is 5.25. The molecule has 3 nitrogen and oxygen atoms in total. The fourth-order valence-electron chi connectivity index (χ4n) is 2.45. The number of ether oxygens (including phenoxy) is 1. The van der Waals surface area contributed by atoms with E-state index in [9.17, 15) is 0 Å². The number of nitriles is 1. The normalized spacial score (nSPS) is 19.8. The Hall–Kier alpha value is -1.69. The molecule has 1 saturated heterocycles. The Labute approximate surface area is 103 Å². The fourth-order valence-corrected chi connectivity index (χ4v) is 2.45. The van der Waals surface area contributed by atoms with Crippen LogP contribution in [0.2, 0.25) is 0 Å². The van der Waals surface area contributed by atoms with Crippen molar-refractivity contribution in [2.45, 2.75) is 31.7 Å². The van der Waals surface area contributed by atoms with Gasteiger partial charge < -0.3 is 9.64 Å². The van der Waals surface area contributed by atoms with Crippen LogP contribution in [0.5, 0.6) is 5.75 Å². The zero-order valence-corrected chi connectivity index (χ0v) is 10.2. The van der Waals surface area contributed by atoms with Crippen molar-refractivity contribution in [2.75, 3.05) is 18.6 Å². The van der Waals surface area contributed by atoms with E-state index in [0.29, 0.717) is 12.5 Å². The van der Waals surface area contributed by atoms with E-state index in [4.69, 9.17) is 10.00 Å². The lowest BCUT2D eigenvalue weighted by atomic mass is 9.99. The van der Waals surface area contributed by atoms with E-state index in [1.165, 1.54) is 18.5 Å². The van der Waals surface area contributed by atoms with Gasteiger partial charge in [-0.05, 0) is 31.4 Å². The predicted molar refractivity (Wildman–Crippen MR) is 68.2 cm³/mol. The molecule has 0 aliphatic carbocycles. The molecule has 3 heteroatoms. The zero-order valence-electron chi connectivity index (χ0n) is 10.2. The number of benzene rings is 1. The lowest BCUT2D eigenvalue weighted by Gasteiger charge is -2.36. The summed E-state index contributed by atoms with van der Waals surface area (Å²) in [5.41, 5.74) is 1.17. The zero-order chi connectivity index (χ0) is 12.1. The summed E-state index contributed by atoms with van der Waals surface area (Å²) in [5, 5.41) is 8.88. The van der Waals surface area contributed by atoms with Gasteiger partial charge in [-0.3, -0.25) is 0 Å². The molecule has 1 aliphatic heterocycles. The van der Waals surface area contributed by atoms with Crippen LogP contribution in [0.1, 0.15) is 25.7 Å². The largest absolute Gasteiger partial charge is 0.497 e. The third kappa shape index (κ3) is 2.71. The Balaban J connectivity index is 2.20. The first-order valence-corrected chi connectivity index (χ1v) is 6.13. The highest BCUT2D eigenvalue weighted by molar-refractivity contribution is 5.52. The SMILES string of the molecule is COc1cccc(N2CCCCC2CC#N)c1. The van der Waals surface area contributed by atoms with Crippen LogP contribution in [0.3, 0.4) is 0 Å². The molecule has 1 fully saturated rings. The predicted octanol–water partition coefficient (Wildman–Crippen LogP) is 2.97. The van der Waals surface area contributed by atoms with Gasteiger partial charge in [0.25, 0.3) is 0 Å². The number of hydrogen-bond donors (Lipinski definition) is 0. The van der Waals surface area contributed by atoms with Gasteiger partial charge >= 0.3 is 0 Å². The molecular formula is C14H18N2O. The molecule has 0 saturated carbocycles. The highest BCUT2D eigenvalue weighted by atomic mass is 16.5. The summed E-state index contributed by atoms with van der Waals surface area (Å²) in [4.78, 5) is 2.34. The van der Waals surface area contributed by atoms with E-state index < -0.39 is 0 Å². The van der Waals surface area contributed by atoms with Crippen molar-refractivity contribution in [2.24, 2.45) is 0 Å². The summed E-state index contributed by atoms with van der Waals surface area (Å²) in [6.07, 6.45) is 4.16. The smallest absolute Gasteiger partial charge is 0.120 e. The van der Waals surface area contributed by atoms with Gasteiger partial charge in [-0.25, -0.2) is 0 Å². The van der Waals surface area contributed by atoms with Crippen molar-refractivity contribution >= 4 is 5.69 Å². The minimum atomic E-state index is 0.362. The van der Waals surface area contributed by atoms with E-state index in [2.05, 4.69) is 23.1 Å². The molecular weight excluding hydrogens is 212 g/mol. The first-order chi connectivity index (χ1) is 8.35. The maximum absolute atomic E-state index is 8.88. The van der Waals surface area contributed by atoms with E-state index in [1.54, 1.807) is 7.11 Å². The molecule has 90 valence electrons. The molecule has 1 aromatic rings. The van der Waals surface area contributed by atoms with Crippen molar-refractivity contribution in [3.8, 4) is 11.8 Å². The van der Waals surface area contributed by atoms with Crippen molar-refractivity contribution in [3.05, 3.63) is 24.3 Å². The maximum Gasteiger partial charge on any atom is 0.120 e. The van der Waals surface area contributed by atoms with Gasteiger partial charge in [0, 0.05) is 24.3 Å². The minimum Gasteiger partial charge on any atom is -0.497 e. The molecule has 1 heterocycles. The quantitative estimate of drug-likeness (QED) is 0.801. The lowest BCUT2D eigenvalue weighted by molar-refractivity contribution is 0.413. The van der Waals surface area contributed by atoms with Gasteiger partial charge in [-0.15, -0.1) is 0 Å². The van der Waals surface area contributed by atoms with Crippen LogP contribution in [0, 0.1) is 11.3 Å². The van der Waals surface area contributed by atoms with Crippen LogP contribution in [0.4, 0.5) is 5.69 Å². The second-order valence-corrected chi connectivity index (χ2v) is 4.41. The maximum atomic E-state index is 8.88. The lowest BCUT2D eigenvalue weighted by Crippen LogP contribution is -2.39. The van der Waals surface area contributed by atoms with Crippen LogP contribution in [0.25, 0.3) is 0 Å². The molecule has 0 radical (unpaired) electrons. The standard InChI is InChI=1S/C14H18N2O/c1-17-14-7-4-6-13(11-14)16-10-3-2-5-12(16)8-9-15/h4,6-7,11-12H,2-3,5,8,10H2,1H3. The Morgan fingerprint density at radius 2 is 2.35 bits per heavy atom. The van der Waals surface area contributed by atoms with Gasteiger partial charge in [-0.1, -0.05) is 6.07 Å². The molecule has 17 heavy (non-hydrogen) atoms. The van der Waals surface area contributed by atoms with E-state index >= 15 is 0 Å². The summed E-state index contributed by atoms with van der Waals surface area (Å²) >= 11 is 0. The average molecular weight is 230 g/mol. The number of hydrogen-bond acceptors (Lipinski definition) is 3. The molecule has 0 spiro atoms. The number of rotatable bonds is 3. The van der Waals surface area contributed by atoms with E-state index in [1.807, 2.05) is 12.1 Å². The van der Waals surface area contributed by atoms with Crippen LogP contribution in [-0.2, 0) is 0 Å². The average Bonchev–Trinajstić information content (AvgIpc) is 2.40. The number of nitrogens with zero attached hydrogens (tertiary/aromatic N) is 2. The summed E-state index contributed by atoms with van der Waals surface area (Å²) in [7, 11) is 1.68. The van der Waals surface area contributed by atoms with Crippen LogP contribution < -0.4 is 9.64 Å². The summed E-state index contributed by atoms with van der Waals surface area (Å²) in [6.45, 7) is 1.04. The van der Waals surface area contributed by atoms with Gasteiger partial charge in [0.05, 0.1) is 19.6 Å². The fraction of sp³-hybridized carbons (Fsp3) is 0.500. The summed E-state index contributed by atoms with van der Waals surface area (Å²) in [5.74, 6) is 0.879. The van der Waals surface area contributed by atoms with Crippen LogP contribution in [0.15, 0.2) is 24.3 Å². The van der Waals surface area contributed by atoms with Crippen molar-refractivity contribution in [3.63, 3.8) is 0 Å². The molecule has 1 unspecified atom stereocenters. The van der Waals surface area contributed by atoms with Crippen molar-refractivity contribution in [1.82, 2.24) is 0 Å². The number of anilines is 1. The Morgan fingerprint density at radius 1 is 1.47 bits per heavy atom. The van der Waals surface area contributed by atoms with Crippen LogP contribution >= 0.6 is 0 Å². The summed E-state index contributed by atoms with van der Waals surface area (Å²) in [6, 6.07) is 10.8. The molecule has 2 rings (SSSR count). The van der Waals surface area contributed by atoms with Gasteiger partial charge in [0.2, 0.25) is 0 Å². The highest BCUT2D eigenvalue weighted by Gasteiger charge is 2.22. The third-order valence-electron chi connectivity index (χ3n) is 3.34. The molecule has 1 aliphatic rings. The second-order valence-electron chi connectivity index (χ2n) is 4.41. The Morgan fingerprint density at radius 3 is 3.12 bits per heavy atom. The first-order valence-electron chi connectivity index (χ1n) is 6.13. The molecule has 0 aromatic heterocycles. The van der Waals surface area contributed by atoms with Gasteiger partial charge in [0.15, 0.2) is 0 Å². The van der Waals surface area contributed by atoms with Gasteiger partial charge in [0.1, 0.15) is 5.75 Å². The number of methoxy groups -OCH3 is 1. The van der Waals surface area contributed by atoms with Crippen molar-refractivity contribution in [1.29, 1.82) is 5.26 Å². The molecule has 1 atom stereocenters. The Kier molecular flexibility index (Phi) is 3.87. The number of piperidine rings is 1. The molecule has 1 aromatic carbocycles. The van der Waals surface area contributed by atoms with E-state index in [-0.39, 0.29) is 0 Å². The van der Waals surface area contributed by atoms with E-state index in [0.717, 1.165) is 18.7 Å². The van der Waals surface area contributed by atoms with Crippen LogP contribution in [-0.4, -0.2) is 19.7 Å². The van der Waals surface area contributed by atoms with Gasteiger partial charge in [-0.2, -0.15) is 5.26 Å². The molecule has 0 N–H and O–H groups in total. The third-order valence-corrected chi connectivity index (χ3v) is 3.34.